The highest BCUT2D eigenvalue weighted by Gasteiger charge is 2.18. The maximum atomic E-state index is 4.54. The predicted molar refractivity (Wildman–Crippen MR) is 92.3 cm³/mol. The highest BCUT2D eigenvalue weighted by atomic mass is 127. The van der Waals surface area contributed by atoms with Crippen LogP contribution < -0.4 is 0 Å². The number of allylic oxidation sites excluding steroid dienone is 1. The molecule has 0 saturated carbocycles. The first-order valence-electron chi connectivity index (χ1n) is 5.15. The zero-order valence-corrected chi connectivity index (χ0v) is 14.9. The maximum Gasteiger partial charge on any atom is 0.0352 e. The van der Waals surface area contributed by atoms with E-state index in [9.17, 15) is 0 Å². The fourth-order valence-electron chi connectivity index (χ4n) is 1.74. The topological polar surface area (TPSA) is 0 Å². The molecule has 0 nitrogen and oxygen atoms in total. The van der Waals surface area contributed by atoms with Gasteiger partial charge in [0, 0.05) is 12.4 Å². The van der Waals surface area contributed by atoms with Crippen LogP contribution in [0.5, 0.6) is 0 Å². The minimum atomic E-state index is 0.462. The van der Waals surface area contributed by atoms with E-state index in [0.717, 1.165) is 4.90 Å². The minimum Gasteiger partial charge on any atom is -0.142 e. The number of hydrogen-bond donors (Lipinski definition) is 1. The quantitative estimate of drug-likeness (QED) is 0.271. The van der Waals surface area contributed by atoms with Crippen LogP contribution in [0, 0.1) is 17.4 Å². The SMILES string of the molecule is C=CC(I)C(C)c1cc(S)c(I)c(C)c1C. The highest BCUT2D eigenvalue weighted by Crippen LogP contribution is 2.34. The predicted octanol–water partition coefficient (Wildman–Crippen LogP) is 5.29. The van der Waals surface area contributed by atoms with Gasteiger partial charge in [0.25, 0.3) is 0 Å². The zero-order valence-electron chi connectivity index (χ0n) is 9.72. The number of halogens is 2. The third-order valence-corrected chi connectivity index (χ3v) is 6.79. The molecule has 0 fully saturated rings. The van der Waals surface area contributed by atoms with Gasteiger partial charge in [0.2, 0.25) is 0 Å². The van der Waals surface area contributed by atoms with Gasteiger partial charge in [-0.1, -0.05) is 35.6 Å². The van der Waals surface area contributed by atoms with Crippen LogP contribution >= 0.6 is 57.8 Å². The molecule has 1 aromatic carbocycles. The number of alkyl halides is 1. The number of benzene rings is 1. The fraction of sp³-hybridized carbons (Fsp3) is 0.385. The van der Waals surface area contributed by atoms with E-state index in [1.807, 2.05) is 6.08 Å². The van der Waals surface area contributed by atoms with Gasteiger partial charge in [-0.05, 0) is 65.1 Å². The van der Waals surface area contributed by atoms with Crippen LogP contribution in [0.15, 0.2) is 23.6 Å². The molecule has 0 spiro atoms. The molecule has 16 heavy (non-hydrogen) atoms. The Morgan fingerprint density at radius 3 is 2.44 bits per heavy atom. The molecule has 0 amide bonds. The van der Waals surface area contributed by atoms with Crippen molar-refractivity contribution in [3.63, 3.8) is 0 Å². The van der Waals surface area contributed by atoms with Gasteiger partial charge in [-0.25, -0.2) is 0 Å². The normalized spacial score (nSPS) is 14.6. The minimum absolute atomic E-state index is 0.462. The van der Waals surface area contributed by atoms with Crippen LogP contribution in [0.1, 0.15) is 29.5 Å². The molecular weight excluding hydrogens is 442 g/mol. The molecule has 2 atom stereocenters. The Bertz CT molecular complexity index is 413. The maximum absolute atomic E-state index is 4.54. The second-order valence-electron chi connectivity index (χ2n) is 4.02. The lowest BCUT2D eigenvalue weighted by Crippen LogP contribution is -2.09. The first-order chi connectivity index (χ1) is 7.40. The molecule has 1 rings (SSSR count). The van der Waals surface area contributed by atoms with E-state index in [0.29, 0.717) is 9.84 Å². The highest BCUT2D eigenvalue weighted by molar-refractivity contribution is 14.1. The fourth-order valence-corrected chi connectivity index (χ4v) is 3.00. The third kappa shape index (κ3) is 2.96. The van der Waals surface area contributed by atoms with Crippen LogP contribution in [-0.2, 0) is 0 Å². The van der Waals surface area contributed by atoms with Crippen molar-refractivity contribution in [3.8, 4) is 0 Å². The Morgan fingerprint density at radius 2 is 1.94 bits per heavy atom. The lowest BCUT2D eigenvalue weighted by molar-refractivity contribution is 0.802. The molecule has 0 N–H and O–H groups in total. The summed E-state index contributed by atoms with van der Waals surface area (Å²) >= 11 is 9.34. The van der Waals surface area contributed by atoms with Gasteiger partial charge in [0.15, 0.2) is 0 Å². The van der Waals surface area contributed by atoms with Crippen LogP contribution in [-0.4, -0.2) is 3.92 Å². The van der Waals surface area contributed by atoms with Gasteiger partial charge in [-0.15, -0.1) is 19.2 Å². The van der Waals surface area contributed by atoms with Crippen LogP contribution in [0.25, 0.3) is 0 Å². The summed E-state index contributed by atoms with van der Waals surface area (Å²) in [5.41, 5.74) is 4.13. The number of hydrogen-bond acceptors (Lipinski definition) is 1. The average Bonchev–Trinajstić information content (AvgIpc) is 2.29. The Kier molecular flexibility index (Phi) is 5.64. The summed E-state index contributed by atoms with van der Waals surface area (Å²) in [6.45, 7) is 10.5. The third-order valence-electron chi connectivity index (χ3n) is 3.04. The zero-order chi connectivity index (χ0) is 12.5. The Hall–Kier alpha value is 0.770. The van der Waals surface area contributed by atoms with Gasteiger partial charge in [-0.3, -0.25) is 0 Å². The van der Waals surface area contributed by atoms with Crippen molar-refractivity contribution >= 4 is 57.8 Å². The molecule has 0 radical (unpaired) electrons. The second kappa shape index (κ2) is 6.09. The van der Waals surface area contributed by atoms with E-state index in [-0.39, 0.29) is 0 Å². The average molecular weight is 458 g/mol. The summed E-state index contributed by atoms with van der Waals surface area (Å²) in [5.74, 6) is 0.486. The summed E-state index contributed by atoms with van der Waals surface area (Å²) in [6.07, 6.45) is 2.01. The summed E-state index contributed by atoms with van der Waals surface area (Å²) in [4.78, 5) is 1.08. The lowest BCUT2D eigenvalue weighted by atomic mass is 9.91. The Labute approximate surface area is 131 Å². The standard InChI is InChI=1S/C13H16I2S/c1-5-11(14)9(4)10-6-12(16)13(15)8(3)7(10)2/h5-6,9,11,16H,1H2,2-4H3. The largest absolute Gasteiger partial charge is 0.142 e. The molecule has 0 aromatic heterocycles. The molecule has 0 aliphatic carbocycles. The molecule has 0 saturated heterocycles. The second-order valence-corrected chi connectivity index (χ2v) is 7.02. The van der Waals surface area contributed by atoms with E-state index < -0.39 is 0 Å². The molecule has 1 aromatic rings. The van der Waals surface area contributed by atoms with Crippen LogP contribution in [0.4, 0.5) is 0 Å². The summed E-state index contributed by atoms with van der Waals surface area (Å²) in [7, 11) is 0. The van der Waals surface area contributed by atoms with E-state index in [2.05, 4.69) is 91.2 Å². The van der Waals surface area contributed by atoms with Crippen molar-refractivity contribution in [3.05, 3.63) is 39.0 Å². The summed E-state index contributed by atoms with van der Waals surface area (Å²) in [6, 6.07) is 2.20. The van der Waals surface area contributed by atoms with Gasteiger partial charge in [0.1, 0.15) is 0 Å². The van der Waals surface area contributed by atoms with Crippen LogP contribution in [0.2, 0.25) is 0 Å². The number of rotatable bonds is 3. The Balaban J connectivity index is 3.30. The van der Waals surface area contributed by atoms with Gasteiger partial charge in [-0.2, -0.15) is 0 Å². The molecule has 88 valence electrons. The summed E-state index contributed by atoms with van der Waals surface area (Å²) < 4.78 is 1.72. The van der Waals surface area contributed by atoms with E-state index in [1.165, 1.54) is 20.3 Å². The van der Waals surface area contributed by atoms with Crippen LogP contribution in [0.3, 0.4) is 0 Å². The lowest BCUT2D eigenvalue weighted by Gasteiger charge is -2.21. The molecule has 0 aliphatic heterocycles. The number of thiol groups is 1. The summed E-state index contributed by atoms with van der Waals surface area (Å²) in [5, 5.41) is 0. The van der Waals surface area contributed by atoms with Crippen molar-refractivity contribution in [2.75, 3.05) is 0 Å². The van der Waals surface area contributed by atoms with Crippen molar-refractivity contribution in [1.82, 2.24) is 0 Å². The van der Waals surface area contributed by atoms with Gasteiger partial charge < -0.3 is 0 Å². The molecule has 0 aliphatic rings. The first-order valence-corrected chi connectivity index (χ1v) is 7.92. The molecular formula is C13H16I2S. The molecule has 0 bridgehead atoms. The van der Waals surface area contributed by atoms with Crippen molar-refractivity contribution in [2.45, 2.75) is 35.5 Å². The molecule has 0 heterocycles. The van der Waals surface area contributed by atoms with Crippen molar-refractivity contribution in [2.24, 2.45) is 0 Å². The van der Waals surface area contributed by atoms with Gasteiger partial charge in [0.05, 0.1) is 0 Å². The molecule has 2 unspecified atom stereocenters. The van der Waals surface area contributed by atoms with E-state index in [1.54, 1.807) is 0 Å². The van der Waals surface area contributed by atoms with Gasteiger partial charge >= 0.3 is 0 Å². The van der Waals surface area contributed by atoms with E-state index in [4.69, 9.17) is 0 Å². The molecule has 3 heteroatoms. The first kappa shape index (κ1) is 14.8. The smallest absolute Gasteiger partial charge is 0.0352 e. The van der Waals surface area contributed by atoms with E-state index >= 15 is 0 Å². The van der Waals surface area contributed by atoms with Crippen molar-refractivity contribution < 1.29 is 0 Å². The monoisotopic (exact) mass is 458 g/mol. The van der Waals surface area contributed by atoms with Crippen molar-refractivity contribution in [1.29, 1.82) is 0 Å². The Morgan fingerprint density at radius 1 is 1.38 bits per heavy atom.